The van der Waals surface area contributed by atoms with Gasteiger partial charge < -0.3 is 4.90 Å². The van der Waals surface area contributed by atoms with Crippen LogP contribution < -0.4 is 4.72 Å². The van der Waals surface area contributed by atoms with Crippen LogP contribution in [-0.2, 0) is 10.0 Å². The van der Waals surface area contributed by atoms with Gasteiger partial charge in [-0.1, -0.05) is 31.2 Å². The van der Waals surface area contributed by atoms with Crippen molar-refractivity contribution < 1.29 is 13.2 Å². The molecule has 0 spiro atoms. The molecule has 5 nitrogen and oxygen atoms in total. The summed E-state index contributed by atoms with van der Waals surface area (Å²) in [5.41, 5.74) is 1.78. The summed E-state index contributed by atoms with van der Waals surface area (Å²) in [4.78, 5) is 14.6. The third-order valence-corrected chi connectivity index (χ3v) is 6.21. The molecule has 0 bridgehead atoms. The monoisotopic (exact) mass is 372 g/mol. The van der Waals surface area contributed by atoms with E-state index in [1.807, 2.05) is 19.1 Å². The van der Waals surface area contributed by atoms with Crippen LogP contribution >= 0.6 is 0 Å². The number of rotatable bonds is 4. The highest BCUT2D eigenvalue weighted by molar-refractivity contribution is 7.92. The van der Waals surface area contributed by atoms with Crippen molar-refractivity contribution in [3.8, 4) is 0 Å². The standard InChI is InChI=1S/C20H24N2O3S/c1-15-10-12-22(13-11-15)20(23)17-7-5-8-18(14-17)26(24,25)21-19-9-4-3-6-16(19)2/h3-9,14-15,21H,10-13H2,1-2H3. The Morgan fingerprint density at radius 2 is 1.77 bits per heavy atom. The molecular formula is C20H24N2O3S. The second-order valence-corrected chi connectivity index (χ2v) is 8.61. The molecule has 1 N–H and O–H groups in total. The first-order chi connectivity index (χ1) is 12.4. The van der Waals surface area contributed by atoms with E-state index in [2.05, 4.69) is 11.6 Å². The molecule has 2 aromatic carbocycles. The first-order valence-corrected chi connectivity index (χ1v) is 10.3. The first-order valence-electron chi connectivity index (χ1n) is 8.84. The van der Waals surface area contributed by atoms with Crippen LogP contribution in [0.1, 0.15) is 35.7 Å². The highest BCUT2D eigenvalue weighted by atomic mass is 32.2. The zero-order valence-corrected chi connectivity index (χ0v) is 15.9. The average molecular weight is 372 g/mol. The molecule has 0 atom stereocenters. The molecule has 6 heteroatoms. The molecule has 2 aromatic rings. The van der Waals surface area contributed by atoms with E-state index in [1.54, 1.807) is 29.2 Å². The van der Waals surface area contributed by atoms with Crippen LogP contribution in [-0.4, -0.2) is 32.3 Å². The van der Waals surface area contributed by atoms with Crippen molar-refractivity contribution in [3.63, 3.8) is 0 Å². The minimum atomic E-state index is -3.75. The van der Waals surface area contributed by atoms with Gasteiger partial charge in [-0.25, -0.2) is 8.42 Å². The zero-order valence-electron chi connectivity index (χ0n) is 15.1. The molecule has 138 valence electrons. The molecule has 3 rings (SSSR count). The van der Waals surface area contributed by atoms with Gasteiger partial charge in [-0.05, 0) is 55.5 Å². The van der Waals surface area contributed by atoms with E-state index in [4.69, 9.17) is 0 Å². The molecule has 26 heavy (non-hydrogen) atoms. The molecule has 0 aromatic heterocycles. The van der Waals surface area contributed by atoms with Gasteiger partial charge in [0.05, 0.1) is 10.6 Å². The number of amides is 1. The number of anilines is 1. The third-order valence-electron chi connectivity index (χ3n) is 4.85. The zero-order chi connectivity index (χ0) is 18.7. The van der Waals surface area contributed by atoms with Gasteiger partial charge in [-0.2, -0.15) is 0 Å². The molecule has 1 aliphatic heterocycles. The fourth-order valence-electron chi connectivity index (χ4n) is 3.08. The first kappa shape index (κ1) is 18.5. The van der Waals surface area contributed by atoms with Crippen molar-refractivity contribution in [2.45, 2.75) is 31.6 Å². The van der Waals surface area contributed by atoms with Crippen LogP contribution in [0.25, 0.3) is 0 Å². The molecule has 0 aliphatic carbocycles. The Labute approximate surface area is 155 Å². The summed E-state index contributed by atoms with van der Waals surface area (Å²) in [6.45, 7) is 5.47. The number of benzene rings is 2. The van der Waals surface area contributed by atoms with Gasteiger partial charge in [0.2, 0.25) is 0 Å². The molecule has 1 heterocycles. The molecule has 1 saturated heterocycles. The van der Waals surface area contributed by atoms with E-state index in [9.17, 15) is 13.2 Å². The lowest BCUT2D eigenvalue weighted by Gasteiger charge is -2.30. The molecule has 1 fully saturated rings. The number of likely N-dealkylation sites (tertiary alicyclic amines) is 1. The highest BCUT2D eigenvalue weighted by Crippen LogP contribution is 2.22. The van der Waals surface area contributed by atoms with Crippen molar-refractivity contribution in [2.24, 2.45) is 5.92 Å². The van der Waals surface area contributed by atoms with Crippen molar-refractivity contribution in [2.75, 3.05) is 17.8 Å². The number of carbonyl (C=O) groups excluding carboxylic acids is 1. The maximum atomic E-state index is 12.7. The number of nitrogens with zero attached hydrogens (tertiary/aromatic N) is 1. The summed E-state index contributed by atoms with van der Waals surface area (Å²) in [7, 11) is -3.75. The fraction of sp³-hybridized carbons (Fsp3) is 0.350. The molecule has 1 aliphatic rings. The Balaban J connectivity index is 1.82. The largest absolute Gasteiger partial charge is 0.339 e. The van der Waals surface area contributed by atoms with E-state index in [0.29, 0.717) is 17.2 Å². The lowest BCUT2D eigenvalue weighted by molar-refractivity contribution is 0.0697. The lowest BCUT2D eigenvalue weighted by atomic mass is 9.98. The summed E-state index contributed by atoms with van der Waals surface area (Å²) in [5, 5.41) is 0. The minimum Gasteiger partial charge on any atom is -0.339 e. The molecule has 1 amide bonds. The number of nitrogens with one attached hydrogen (secondary N) is 1. The van der Waals surface area contributed by atoms with Gasteiger partial charge in [0.25, 0.3) is 15.9 Å². The van der Waals surface area contributed by atoms with E-state index >= 15 is 0 Å². The van der Waals surface area contributed by atoms with Crippen LogP contribution in [0.3, 0.4) is 0 Å². The Morgan fingerprint density at radius 3 is 2.46 bits per heavy atom. The van der Waals surface area contributed by atoms with E-state index in [-0.39, 0.29) is 10.8 Å². The predicted octanol–water partition coefficient (Wildman–Crippen LogP) is 3.67. The Kier molecular flexibility index (Phi) is 5.32. The summed E-state index contributed by atoms with van der Waals surface area (Å²) in [5.74, 6) is 0.522. The summed E-state index contributed by atoms with van der Waals surface area (Å²) >= 11 is 0. The van der Waals surface area contributed by atoms with Gasteiger partial charge in [0.1, 0.15) is 0 Å². The molecular weight excluding hydrogens is 348 g/mol. The summed E-state index contributed by atoms with van der Waals surface area (Å²) in [6, 6.07) is 13.5. The minimum absolute atomic E-state index is 0.0944. The number of hydrogen-bond acceptors (Lipinski definition) is 3. The number of hydrogen-bond donors (Lipinski definition) is 1. The third kappa shape index (κ3) is 4.07. The van der Waals surface area contributed by atoms with Gasteiger partial charge in [0.15, 0.2) is 0 Å². The van der Waals surface area contributed by atoms with Gasteiger partial charge in [-0.3, -0.25) is 9.52 Å². The Bertz CT molecular complexity index is 901. The lowest BCUT2D eigenvalue weighted by Crippen LogP contribution is -2.37. The quantitative estimate of drug-likeness (QED) is 0.890. The van der Waals surface area contributed by atoms with Crippen molar-refractivity contribution in [3.05, 3.63) is 59.7 Å². The smallest absolute Gasteiger partial charge is 0.261 e. The molecule has 0 saturated carbocycles. The van der Waals surface area contributed by atoms with Crippen LogP contribution in [0.4, 0.5) is 5.69 Å². The normalized spacial score (nSPS) is 15.7. The molecule has 0 unspecified atom stereocenters. The van der Waals surface area contributed by atoms with Crippen molar-refractivity contribution in [1.82, 2.24) is 4.90 Å². The van der Waals surface area contributed by atoms with Gasteiger partial charge >= 0.3 is 0 Å². The van der Waals surface area contributed by atoms with Gasteiger partial charge in [-0.15, -0.1) is 0 Å². The summed E-state index contributed by atoms with van der Waals surface area (Å²) in [6.07, 6.45) is 1.97. The Hall–Kier alpha value is -2.34. The second-order valence-electron chi connectivity index (χ2n) is 6.92. The van der Waals surface area contributed by atoms with E-state index in [1.165, 1.54) is 12.1 Å². The number of carbonyl (C=O) groups is 1. The van der Waals surface area contributed by atoms with Crippen LogP contribution in [0, 0.1) is 12.8 Å². The second kappa shape index (κ2) is 7.50. The Morgan fingerprint density at radius 1 is 1.08 bits per heavy atom. The number of sulfonamides is 1. The molecule has 0 radical (unpaired) electrons. The number of para-hydroxylation sites is 1. The van der Waals surface area contributed by atoms with Crippen LogP contribution in [0.15, 0.2) is 53.4 Å². The van der Waals surface area contributed by atoms with Gasteiger partial charge in [0, 0.05) is 18.7 Å². The maximum absolute atomic E-state index is 12.7. The topological polar surface area (TPSA) is 66.5 Å². The van der Waals surface area contributed by atoms with Crippen molar-refractivity contribution >= 4 is 21.6 Å². The van der Waals surface area contributed by atoms with E-state index < -0.39 is 10.0 Å². The van der Waals surface area contributed by atoms with Crippen molar-refractivity contribution in [1.29, 1.82) is 0 Å². The maximum Gasteiger partial charge on any atom is 0.261 e. The SMILES string of the molecule is Cc1ccccc1NS(=O)(=O)c1cccc(C(=O)N2CCC(C)CC2)c1. The predicted molar refractivity (Wildman–Crippen MR) is 103 cm³/mol. The average Bonchev–Trinajstić information content (AvgIpc) is 2.64. The fourth-order valence-corrected chi connectivity index (χ4v) is 4.26. The number of piperidine rings is 1. The summed E-state index contributed by atoms with van der Waals surface area (Å²) < 4.78 is 28.0. The van der Waals surface area contributed by atoms with Crippen LogP contribution in [0.5, 0.6) is 0 Å². The van der Waals surface area contributed by atoms with Crippen LogP contribution in [0.2, 0.25) is 0 Å². The van der Waals surface area contributed by atoms with E-state index in [0.717, 1.165) is 31.5 Å². The number of aryl methyl sites for hydroxylation is 1. The highest BCUT2D eigenvalue weighted by Gasteiger charge is 2.23.